The van der Waals surface area contributed by atoms with Gasteiger partial charge in [-0.2, -0.15) is 0 Å². The molecule has 0 aliphatic heterocycles. The minimum absolute atomic E-state index is 0.0132. The fraction of sp³-hybridized carbons (Fsp3) is 0.462. The standard InChI is InChI=1S/C26H28FN3O4S/c27-18-6-7-19(28-15-18)13-25(31)24(12-17-4-2-1-3-5-17)30-16-29-23-14-21(10-11-22(23)26(30)32)35(33,34)20-8-9-20/h6-7,10-11,14-17,20,24H,1-5,8-9,12-13H2. The van der Waals surface area contributed by atoms with Crippen molar-refractivity contribution in [3.05, 3.63) is 64.7 Å². The largest absolute Gasteiger partial charge is 0.297 e. The van der Waals surface area contributed by atoms with Crippen LogP contribution in [0.4, 0.5) is 4.39 Å². The number of benzene rings is 1. The van der Waals surface area contributed by atoms with Crippen LogP contribution in [0, 0.1) is 11.7 Å². The van der Waals surface area contributed by atoms with Crippen LogP contribution in [0.25, 0.3) is 10.9 Å². The molecule has 2 aromatic heterocycles. The Morgan fingerprint density at radius 1 is 1.06 bits per heavy atom. The first kappa shape index (κ1) is 23.8. The smallest absolute Gasteiger partial charge is 0.261 e. The summed E-state index contributed by atoms with van der Waals surface area (Å²) < 4.78 is 39.9. The highest BCUT2D eigenvalue weighted by atomic mass is 32.2. The van der Waals surface area contributed by atoms with Gasteiger partial charge in [0.2, 0.25) is 0 Å². The summed E-state index contributed by atoms with van der Waals surface area (Å²) in [7, 11) is -3.40. The van der Waals surface area contributed by atoms with Crippen molar-refractivity contribution in [2.24, 2.45) is 5.92 Å². The number of pyridine rings is 1. The van der Waals surface area contributed by atoms with Crippen molar-refractivity contribution in [3.63, 3.8) is 0 Å². The van der Waals surface area contributed by atoms with Crippen molar-refractivity contribution in [1.82, 2.24) is 14.5 Å². The summed E-state index contributed by atoms with van der Waals surface area (Å²) in [6.45, 7) is 0. The minimum Gasteiger partial charge on any atom is -0.297 e. The number of carbonyl (C=O) groups is 1. The molecule has 2 heterocycles. The molecule has 7 nitrogen and oxygen atoms in total. The van der Waals surface area contributed by atoms with Crippen LogP contribution in [0.5, 0.6) is 0 Å². The predicted octanol–water partition coefficient (Wildman–Crippen LogP) is 4.19. The normalized spacial score (nSPS) is 18.0. The monoisotopic (exact) mass is 497 g/mol. The van der Waals surface area contributed by atoms with Crippen LogP contribution < -0.4 is 5.56 Å². The lowest BCUT2D eigenvalue weighted by Gasteiger charge is -2.27. The van der Waals surface area contributed by atoms with Gasteiger partial charge in [-0.05, 0) is 55.5 Å². The fourth-order valence-electron chi connectivity index (χ4n) is 5.03. The van der Waals surface area contributed by atoms with E-state index in [1.807, 2.05) is 0 Å². The molecule has 0 N–H and O–H groups in total. The number of halogens is 1. The van der Waals surface area contributed by atoms with Gasteiger partial charge in [-0.1, -0.05) is 32.1 Å². The average molecular weight is 498 g/mol. The molecular weight excluding hydrogens is 469 g/mol. The Morgan fingerprint density at radius 2 is 1.83 bits per heavy atom. The topological polar surface area (TPSA) is 99.0 Å². The van der Waals surface area contributed by atoms with Gasteiger partial charge in [0.15, 0.2) is 15.6 Å². The lowest BCUT2D eigenvalue weighted by Crippen LogP contribution is -2.33. The van der Waals surface area contributed by atoms with Gasteiger partial charge in [0, 0.05) is 5.69 Å². The Hall–Kier alpha value is -2.94. The molecule has 0 spiro atoms. The maximum Gasteiger partial charge on any atom is 0.261 e. The average Bonchev–Trinajstić information content (AvgIpc) is 3.71. The van der Waals surface area contributed by atoms with Crippen molar-refractivity contribution in [3.8, 4) is 0 Å². The molecule has 2 aliphatic rings. The SMILES string of the molecule is O=C(Cc1ccc(F)cn1)C(CC1CCCCC1)n1cnc2cc(S(=O)(=O)C3CC3)ccc2c1=O. The molecule has 9 heteroatoms. The van der Waals surface area contributed by atoms with E-state index in [2.05, 4.69) is 9.97 Å². The zero-order chi connectivity index (χ0) is 24.6. The lowest BCUT2D eigenvalue weighted by molar-refractivity contribution is -0.122. The highest BCUT2D eigenvalue weighted by molar-refractivity contribution is 7.92. The van der Waals surface area contributed by atoms with Gasteiger partial charge in [-0.15, -0.1) is 0 Å². The van der Waals surface area contributed by atoms with Gasteiger partial charge >= 0.3 is 0 Å². The van der Waals surface area contributed by atoms with Crippen molar-refractivity contribution in [2.45, 2.75) is 74.0 Å². The zero-order valence-corrected chi connectivity index (χ0v) is 20.2. The van der Waals surface area contributed by atoms with E-state index in [0.717, 1.165) is 31.9 Å². The molecule has 3 aromatic rings. The molecule has 2 saturated carbocycles. The lowest BCUT2D eigenvalue weighted by atomic mass is 9.83. The minimum atomic E-state index is -3.40. The third kappa shape index (κ3) is 5.05. The van der Waals surface area contributed by atoms with Crippen LogP contribution in [0.1, 0.15) is 63.1 Å². The Balaban J connectivity index is 1.49. The molecule has 0 bridgehead atoms. The molecular formula is C26H28FN3O4S. The quantitative estimate of drug-likeness (QED) is 0.463. The maximum atomic E-state index is 13.5. The first-order chi connectivity index (χ1) is 16.8. The second-order valence-corrected chi connectivity index (χ2v) is 12.0. The van der Waals surface area contributed by atoms with Crippen molar-refractivity contribution < 1.29 is 17.6 Å². The van der Waals surface area contributed by atoms with E-state index in [9.17, 15) is 22.4 Å². The van der Waals surface area contributed by atoms with Crippen molar-refractivity contribution >= 4 is 26.5 Å². The van der Waals surface area contributed by atoms with Gasteiger partial charge in [0.25, 0.3) is 5.56 Å². The van der Waals surface area contributed by atoms with Gasteiger partial charge in [0.05, 0.1) is 46.0 Å². The Kier molecular flexibility index (Phi) is 6.53. The van der Waals surface area contributed by atoms with E-state index in [1.54, 1.807) is 0 Å². The molecule has 2 fully saturated rings. The number of fused-ring (bicyclic) bond motifs is 1. The number of carbonyl (C=O) groups excluding carboxylic acids is 1. The number of rotatable bonds is 8. The number of hydrogen-bond donors (Lipinski definition) is 0. The molecule has 0 amide bonds. The van der Waals surface area contributed by atoms with Gasteiger partial charge in [-0.25, -0.2) is 17.8 Å². The van der Waals surface area contributed by atoms with Crippen LogP contribution in [-0.4, -0.2) is 34.0 Å². The Bertz CT molecular complexity index is 1410. The highest BCUT2D eigenvalue weighted by Crippen LogP contribution is 2.34. The predicted molar refractivity (Wildman–Crippen MR) is 129 cm³/mol. The van der Waals surface area contributed by atoms with Gasteiger partial charge < -0.3 is 0 Å². The molecule has 1 unspecified atom stereocenters. The number of hydrogen-bond acceptors (Lipinski definition) is 6. The molecule has 0 radical (unpaired) electrons. The highest BCUT2D eigenvalue weighted by Gasteiger charge is 2.37. The number of nitrogens with zero attached hydrogens (tertiary/aromatic N) is 3. The summed E-state index contributed by atoms with van der Waals surface area (Å²) in [5, 5.41) is -0.0681. The summed E-state index contributed by atoms with van der Waals surface area (Å²) in [5.74, 6) is -0.323. The van der Waals surface area contributed by atoms with Gasteiger partial charge in [-0.3, -0.25) is 19.1 Å². The second-order valence-electron chi connectivity index (χ2n) is 9.75. The summed E-state index contributed by atoms with van der Waals surface area (Å²) >= 11 is 0. The summed E-state index contributed by atoms with van der Waals surface area (Å²) in [5.41, 5.74) is 0.380. The molecule has 2 aliphatic carbocycles. The molecule has 0 saturated heterocycles. The molecule has 1 atom stereocenters. The third-order valence-corrected chi connectivity index (χ3v) is 9.44. The van der Waals surface area contributed by atoms with Crippen LogP contribution in [-0.2, 0) is 21.1 Å². The summed E-state index contributed by atoms with van der Waals surface area (Å²) in [4.78, 5) is 35.5. The molecule has 1 aromatic carbocycles. The first-order valence-corrected chi connectivity index (χ1v) is 13.8. The van der Waals surface area contributed by atoms with Crippen LogP contribution in [0.15, 0.2) is 52.5 Å². The van der Waals surface area contributed by atoms with E-state index < -0.39 is 21.7 Å². The van der Waals surface area contributed by atoms with E-state index in [4.69, 9.17) is 0 Å². The first-order valence-electron chi connectivity index (χ1n) is 12.2. The number of Topliss-reactive ketones (excluding diaryl/α,β-unsaturated/α-hetero) is 1. The van der Waals surface area contributed by atoms with E-state index >= 15 is 0 Å². The van der Waals surface area contributed by atoms with Gasteiger partial charge in [0.1, 0.15) is 5.82 Å². The summed E-state index contributed by atoms with van der Waals surface area (Å²) in [6.07, 6.45) is 9.68. The second kappa shape index (κ2) is 9.60. The number of sulfone groups is 1. The van der Waals surface area contributed by atoms with Crippen molar-refractivity contribution in [1.29, 1.82) is 0 Å². The number of aromatic nitrogens is 3. The maximum absolute atomic E-state index is 13.5. The Morgan fingerprint density at radius 3 is 2.51 bits per heavy atom. The zero-order valence-electron chi connectivity index (χ0n) is 19.4. The molecule has 184 valence electrons. The summed E-state index contributed by atoms with van der Waals surface area (Å²) in [6, 6.07) is 6.44. The molecule has 5 rings (SSSR count). The van der Waals surface area contributed by atoms with Crippen LogP contribution >= 0.6 is 0 Å². The fourth-order valence-corrected chi connectivity index (χ4v) is 6.71. The van der Waals surface area contributed by atoms with Crippen LogP contribution in [0.2, 0.25) is 0 Å². The molecule has 35 heavy (non-hydrogen) atoms. The number of ketones is 1. The van der Waals surface area contributed by atoms with E-state index in [1.165, 1.54) is 47.6 Å². The third-order valence-electron chi connectivity index (χ3n) is 7.18. The Labute approximate surface area is 203 Å². The van der Waals surface area contributed by atoms with Crippen LogP contribution in [0.3, 0.4) is 0 Å². The van der Waals surface area contributed by atoms with E-state index in [-0.39, 0.29) is 33.3 Å². The van der Waals surface area contributed by atoms with Crippen molar-refractivity contribution in [2.75, 3.05) is 0 Å². The van der Waals surface area contributed by atoms with E-state index in [0.29, 0.717) is 36.4 Å².